The number of nitrogens with one attached hydrogen (secondary N) is 2. The molecule has 2 aromatic carbocycles. The van der Waals surface area contributed by atoms with E-state index in [4.69, 9.17) is 14.2 Å². The van der Waals surface area contributed by atoms with E-state index < -0.39 is 0 Å². The molecule has 0 radical (unpaired) electrons. The average molecular weight is 463 g/mol. The number of rotatable bonds is 9. The minimum Gasteiger partial charge on any atom is -0.492 e. The molecule has 1 aliphatic rings. The molecule has 1 aromatic heterocycles. The van der Waals surface area contributed by atoms with Crippen molar-refractivity contribution < 1.29 is 19.0 Å². The number of ether oxygens (including phenoxy) is 3. The highest BCUT2D eigenvalue weighted by Crippen LogP contribution is 2.21. The zero-order valence-corrected chi connectivity index (χ0v) is 19.3. The number of carbonyl (C=O) groups is 1. The Morgan fingerprint density at radius 2 is 1.88 bits per heavy atom. The summed E-state index contributed by atoms with van der Waals surface area (Å²) in [7, 11) is 0. The van der Waals surface area contributed by atoms with Gasteiger partial charge in [-0.2, -0.15) is 0 Å². The second-order valence-corrected chi connectivity index (χ2v) is 8.06. The van der Waals surface area contributed by atoms with Crippen molar-refractivity contribution in [3.8, 4) is 17.4 Å². The lowest BCUT2D eigenvalue weighted by atomic mass is 10.2. The SMILES string of the molecule is Cc1ccc(Oc2ccc(NC(=O)NCc3cccc(OCCN4CCOCC4)c3)cn2)cc1. The molecule has 3 aromatic rings. The lowest BCUT2D eigenvalue weighted by Gasteiger charge is -2.26. The van der Waals surface area contributed by atoms with Crippen LogP contribution in [0, 0.1) is 6.92 Å². The van der Waals surface area contributed by atoms with Crippen molar-refractivity contribution in [3.05, 3.63) is 78.0 Å². The fourth-order valence-electron chi connectivity index (χ4n) is 3.46. The van der Waals surface area contributed by atoms with E-state index in [2.05, 4.69) is 20.5 Å². The minimum absolute atomic E-state index is 0.312. The topological polar surface area (TPSA) is 85.0 Å². The average Bonchev–Trinajstić information content (AvgIpc) is 2.86. The molecule has 1 aliphatic heterocycles. The van der Waals surface area contributed by atoms with Gasteiger partial charge in [0.1, 0.15) is 18.1 Å². The molecule has 8 nitrogen and oxygen atoms in total. The molecule has 0 spiro atoms. The van der Waals surface area contributed by atoms with E-state index in [-0.39, 0.29) is 6.03 Å². The zero-order valence-electron chi connectivity index (χ0n) is 19.3. The van der Waals surface area contributed by atoms with Crippen molar-refractivity contribution in [3.63, 3.8) is 0 Å². The molecule has 0 aliphatic carbocycles. The highest BCUT2D eigenvalue weighted by atomic mass is 16.5. The molecule has 8 heteroatoms. The van der Waals surface area contributed by atoms with Crippen molar-refractivity contribution in [2.24, 2.45) is 0 Å². The van der Waals surface area contributed by atoms with Crippen LogP contribution < -0.4 is 20.1 Å². The van der Waals surface area contributed by atoms with Gasteiger partial charge in [-0.3, -0.25) is 4.90 Å². The van der Waals surface area contributed by atoms with E-state index >= 15 is 0 Å². The fraction of sp³-hybridized carbons (Fsp3) is 0.308. The molecule has 1 fully saturated rings. The number of benzene rings is 2. The van der Waals surface area contributed by atoms with Gasteiger partial charge in [-0.25, -0.2) is 9.78 Å². The van der Waals surface area contributed by atoms with E-state index in [1.165, 1.54) is 0 Å². The highest BCUT2D eigenvalue weighted by molar-refractivity contribution is 5.89. The third kappa shape index (κ3) is 7.47. The normalized spacial score (nSPS) is 13.8. The number of amides is 2. The van der Waals surface area contributed by atoms with E-state index in [9.17, 15) is 4.79 Å². The molecule has 2 heterocycles. The molecular formula is C26H30N4O4. The number of hydrogen-bond acceptors (Lipinski definition) is 6. The molecule has 0 unspecified atom stereocenters. The molecular weight excluding hydrogens is 432 g/mol. The first-order valence-corrected chi connectivity index (χ1v) is 11.4. The van der Waals surface area contributed by atoms with Gasteiger partial charge in [-0.05, 0) is 42.8 Å². The monoisotopic (exact) mass is 462 g/mol. The fourth-order valence-corrected chi connectivity index (χ4v) is 3.46. The number of nitrogens with zero attached hydrogens (tertiary/aromatic N) is 2. The molecule has 0 saturated carbocycles. The summed E-state index contributed by atoms with van der Waals surface area (Å²) in [6, 6.07) is 18.6. The first-order chi connectivity index (χ1) is 16.6. The number of pyridine rings is 1. The predicted octanol–water partition coefficient (Wildman–Crippen LogP) is 4.22. The van der Waals surface area contributed by atoms with Crippen LogP contribution in [-0.4, -0.2) is 55.4 Å². The van der Waals surface area contributed by atoms with Gasteiger partial charge in [0.05, 0.1) is 25.1 Å². The molecule has 1 saturated heterocycles. The zero-order chi connectivity index (χ0) is 23.6. The van der Waals surface area contributed by atoms with Gasteiger partial charge in [0.15, 0.2) is 0 Å². The Bertz CT molecular complexity index is 1050. The summed E-state index contributed by atoms with van der Waals surface area (Å²) in [5.74, 6) is 1.96. The Balaban J connectivity index is 1.19. The maximum absolute atomic E-state index is 12.3. The summed E-state index contributed by atoms with van der Waals surface area (Å²) in [6.07, 6.45) is 1.56. The summed E-state index contributed by atoms with van der Waals surface area (Å²) in [5.41, 5.74) is 2.70. The maximum atomic E-state index is 12.3. The molecule has 4 rings (SSSR count). The first kappa shape index (κ1) is 23.5. The number of aromatic nitrogens is 1. The van der Waals surface area contributed by atoms with Crippen LogP contribution in [0.25, 0.3) is 0 Å². The largest absolute Gasteiger partial charge is 0.492 e. The lowest BCUT2D eigenvalue weighted by molar-refractivity contribution is 0.0322. The number of aryl methyl sites for hydroxylation is 1. The number of urea groups is 1. The Morgan fingerprint density at radius 1 is 1.06 bits per heavy atom. The number of morpholine rings is 1. The predicted molar refractivity (Wildman–Crippen MR) is 131 cm³/mol. The Morgan fingerprint density at radius 3 is 2.65 bits per heavy atom. The van der Waals surface area contributed by atoms with Crippen molar-refractivity contribution in [2.45, 2.75) is 13.5 Å². The van der Waals surface area contributed by atoms with Gasteiger partial charge in [-0.15, -0.1) is 0 Å². The second-order valence-electron chi connectivity index (χ2n) is 8.06. The Hall–Kier alpha value is -3.62. The minimum atomic E-state index is -0.312. The summed E-state index contributed by atoms with van der Waals surface area (Å²) in [5, 5.41) is 5.64. The van der Waals surface area contributed by atoms with Crippen LogP contribution in [0.3, 0.4) is 0 Å². The van der Waals surface area contributed by atoms with Crippen LogP contribution in [0.1, 0.15) is 11.1 Å². The number of hydrogen-bond donors (Lipinski definition) is 2. The molecule has 2 N–H and O–H groups in total. The van der Waals surface area contributed by atoms with E-state index in [1.807, 2.05) is 55.5 Å². The van der Waals surface area contributed by atoms with Crippen molar-refractivity contribution in [2.75, 3.05) is 44.8 Å². The smallest absolute Gasteiger partial charge is 0.319 e. The van der Waals surface area contributed by atoms with Gasteiger partial charge in [0.25, 0.3) is 0 Å². The molecule has 0 bridgehead atoms. The Kier molecular flexibility index (Phi) is 8.32. The lowest BCUT2D eigenvalue weighted by Crippen LogP contribution is -2.38. The van der Waals surface area contributed by atoms with E-state index in [1.54, 1.807) is 18.3 Å². The van der Waals surface area contributed by atoms with Gasteiger partial charge in [0, 0.05) is 32.2 Å². The van der Waals surface area contributed by atoms with Gasteiger partial charge >= 0.3 is 6.03 Å². The summed E-state index contributed by atoms with van der Waals surface area (Å²) >= 11 is 0. The Labute approximate surface area is 199 Å². The van der Waals surface area contributed by atoms with Crippen LogP contribution in [0.5, 0.6) is 17.4 Å². The standard InChI is InChI=1S/C26H30N4O4/c1-20-5-8-23(9-6-20)34-25-10-7-22(19-27-25)29-26(31)28-18-21-3-2-4-24(17-21)33-16-13-30-11-14-32-15-12-30/h2-10,17,19H,11-16,18H2,1H3,(H2,28,29,31). The van der Waals surface area contributed by atoms with Gasteiger partial charge < -0.3 is 24.8 Å². The first-order valence-electron chi connectivity index (χ1n) is 11.4. The third-order valence-corrected chi connectivity index (χ3v) is 5.37. The van der Waals surface area contributed by atoms with Gasteiger partial charge in [-0.1, -0.05) is 29.8 Å². The van der Waals surface area contributed by atoms with Crippen LogP contribution in [0.15, 0.2) is 66.9 Å². The van der Waals surface area contributed by atoms with Crippen molar-refractivity contribution in [1.29, 1.82) is 0 Å². The van der Waals surface area contributed by atoms with E-state index in [0.717, 1.165) is 49.7 Å². The van der Waals surface area contributed by atoms with Crippen molar-refractivity contribution in [1.82, 2.24) is 15.2 Å². The summed E-state index contributed by atoms with van der Waals surface area (Å²) in [4.78, 5) is 18.9. The molecule has 34 heavy (non-hydrogen) atoms. The van der Waals surface area contributed by atoms with Crippen LogP contribution in [-0.2, 0) is 11.3 Å². The van der Waals surface area contributed by atoms with Gasteiger partial charge in [0.2, 0.25) is 5.88 Å². The molecule has 0 atom stereocenters. The second kappa shape index (κ2) is 12.0. The van der Waals surface area contributed by atoms with Crippen LogP contribution in [0.4, 0.5) is 10.5 Å². The number of carbonyl (C=O) groups excluding carboxylic acids is 1. The molecule has 2 amide bonds. The number of anilines is 1. The third-order valence-electron chi connectivity index (χ3n) is 5.37. The van der Waals surface area contributed by atoms with Crippen LogP contribution in [0.2, 0.25) is 0 Å². The highest BCUT2D eigenvalue weighted by Gasteiger charge is 2.10. The summed E-state index contributed by atoms with van der Waals surface area (Å²) < 4.78 is 17.0. The quantitative estimate of drug-likeness (QED) is 0.495. The van der Waals surface area contributed by atoms with Crippen LogP contribution >= 0.6 is 0 Å². The molecule has 178 valence electrons. The summed E-state index contributed by atoms with van der Waals surface area (Å²) in [6.45, 7) is 7.35. The maximum Gasteiger partial charge on any atom is 0.319 e. The van der Waals surface area contributed by atoms with Crippen molar-refractivity contribution >= 4 is 11.7 Å². The van der Waals surface area contributed by atoms with E-state index in [0.29, 0.717) is 30.5 Å².